The molecule has 2 saturated heterocycles. The van der Waals surface area contributed by atoms with Crippen molar-refractivity contribution in [2.75, 3.05) is 43.2 Å². The summed E-state index contributed by atoms with van der Waals surface area (Å²) in [6.45, 7) is 5.44. The van der Waals surface area contributed by atoms with Crippen molar-refractivity contribution < 1.29 is 54.0 Å². The van der Waals surface area contributed by atoms with Crippen LogP contribution in [0, 0.1) is 5.41 Å². The fraction of sp³-hybridized carbons (Fsp3) is 0.571. The number of ether oxygens (including phenoxy) is 2. The van der Waals surface area contributed by atoms with Crippen molar-refractivity contribution in [3.63, 3.8) is 0 Å². The molecule has 1 aromatic carbocycles. The zero-order chi connectivity index (χ0) is 42.3. The van der Waals surface area contributed by atoms with Gasteiger partial charge in [-0.2, -0.15) is 9.97 Å². The Morgan fingerprint density at radius 3 is 1.91 bits per heavy atom. The Hall–Kier alpha value is -3.57. The number of hydrogen-bond acceptors (Lipinski definition) is 18. The van der Waals surface area contributed by atoms with Gasteiger partial charge in [-0.1, -0.05) is 42.1 Å². The molecule has 9 atom stereocenters. The fourth-order valence-corrected chi connectivity index (χ4v) is 8.66. The second-order valence-corrected chi connectivity index (χ2v) is 18.1. The van der Waals surface area contributed by atoms with Gasteiger partial charge in [-0.05, 0) is 51.8 Å². The predicted molar refractivity (Wildman–Crippen MR) is 209 cm³/mol. The molecule has 0 spiro atoms. The molecule has 11 N–H and O–H groups in total. The molecule has 2 aliphatic heterocycles. The van der Waals surface area contributed by atoms with E-state index in [4.69, 9.17) is 30.6 Å². The standard InChI is InChI=1S/C25H37N4O8PS.C10H15N3O5/c1-24(2,16-30)22(32)39-14-12-36-38(35,27-15-17-7-5-4-6-8-17)13-10-18-20(31)25(3,34)21(37-18)29-11-9-19(26)28-23(29)33;1-10(17)7(15)5(4-14)18-8(10)13-3-2-6(11)12-9(13)16/h4-9,11,18,20-21,30-31,34H,10,12-16H2,1-3H3,(H,27,35)(H2,26,28,33);2-3,5,7-8,14-15,17H,4H2,1H3,(H2,11,12,16)/t18-,20+,21-,25?,38?;5-,7+,8-,10?/m11/s1. The SMILES string of the molecule is CC(C)(CO)C(=O)SCCOP(=O)(CC[C@H]1O[C@@H](n2ccc(N)nc2=O)C(C)(O)[C@H]1O)NCc1ccccc1.CC1(O)[C@@H](O)[C@@H](CO)O[C@H]1n1ccc(N)nc1=O. The minimum Gasteiger partial charge on any atom is -0.395 e. The number of aliphatic hydroxyl groups excluding tert-OH is 4. The van der Waals surface area contributed by atoms with Gasteiger partial charge in [-0.25, -0.2) is 14.7 Å². The normalized spacial score (nSPS) is 28.4. The number of nitrogens with one attached hydrogen (secondary N) is 1. The van der Waals surface area contributed by atoms with E-state index in [-0.39, 0.29) is 54.8 Å². The molecule has 0 bridgehead atoms. The molecule has 2 fully saturated rings. The topological polar surface area (TPSA) is 317 Å². The maximum absolute atomic E-state index is 13.8. The molecule has 5 rings (SSSR count). The number of rotatable bonds is 15. The van der Waals surface area contributed by atoms with E-state index in [0.717, 1.165) is 26.5 Å². The Labute approximate surface area is 332 Å². The summed E-state index contributed by atoms with van der Waals surface area (Å²) in [4.78, 5) is 43.4. The van der Waals surface area contributed by atoms with Gasteiger partial charge >= 0.3 is 11.4 Å². The highest BCUT2D eigenvalue weighted by Crippen LogP contribution is 2.47. The molecule has 22 heteroatoms. The van der Waals surface area contributed by atoms with Gasteiger partial charge in [-0.3, -0.25) is 18.5 Å². The number of carbonyl (C=O) groups excluding carboxylic acids is 1. The number of carbonyl (C=O) groups is 1. The first-order chi connectivity index (χ1) is 26.7. The first kappa shape index (κ1) is 46.1. The van der Waals surface area contributed by atoms with Crippen molar-refractivity contribution >= 4 is 36.0 Å². The van der Waals surface area contributed by atoms with Crippen LogP contribution in [0.25, 0.3) is 0 Å². The van der Waals surface area contributed by atoms with Crippen LogP contribution in [0.3, 0.4) is 0 Å². The predicted octanol–water partition coefficient (Wildman–Crippen LogP) is -0.670. The average molecular weight is 842 g/mol. The summed E-state index contributed by atoms with van der Waals surface area (Å²) in [6, 6.07) is 12.1. The maximum Gasteiger partial charge on any atom is 0.351 e. The number of nitrogen functional groups attached to an aromatic ring is 2. The van der Waals surface area contributed by atoms with Gasteiger partial charge in [0, 0.05) is 30.9 Å². The first-order valence-electron chi connectivity index (χ1n) is 17.9. The monoisotopic (exact) mass is 841 g/mol. The summed E-state index contributed by atoms with van der Waals surface area (Å²) in [5.74, 6) is 0.285. The molecule has 57 heavy (non-hydrogen) atoms. The van der Waals surface area contributed by atoms with E-state index in [1.165, 1.54) is 38.4 Å². The van der Waals surface area contributed by atoms with Gasteiger partial charge in [0.1, 0.15) is 41.1 Å². The molecule has 0 saturated carbocycles. The fourth-order valence-electron chi connectivity index (χ4n) is 5.95. The summed E-state index contributed by atoms with van der Waals surface area (Å²) < 4.78 is 32.8. The second kappa shape index (κ2) is 19.0. The van der Waals surface area contributed by atoms with Crippen LogP contribution in [0.2, 0.25) is 0 Å². The minimum atomic E-state index is -3.52. The minimum absolute atomic E-state index is 0.00208. The van der Waals surface area contributed by atoms with Crippen molar-refractivity contribution in [1.29, 1.82) is 0 Å². The number of benzene rings is 1. The lowest BCUT2D eigenvalue weighted by Gasteiger charge is -2.27. The number of aliphatic hydroxyl groups is 6. The van der Waals surface area contributed by atoms with Gasteiger partial charge < -0.3 is 56.1 Å². The number of nitrogens with zero attached hydrogens (tertiary/aromatic N) is 4. The molecule has 2 aromatic heterocycles. The van der Waals surface area contributed by atoms with Crippen molar-refractivity contribution in [3.05, 3.63) is 81.4 Å². The Kier molecular flexibility index (Phi) is 15.4. The van der Waals surface area contributed by atoms with Crippen LogP contribution < -0.4 is 27.9 Å². The van der Waals surface area contributed by atoms with E-state index in [9.17, 15) is 44.5 Å². The van der Waals surface area contributed by atoms with Crippen LogP contribution in [-0.4, -0.2) is 122 Å². The van der Waals surface area contributed by atoms with E-state index >= 15 is 0 Å². The van der Waals surface area contributed by atoms with Crippen LogP contribution >= 0.6 is 19.3 Å². The van der Waals surface area contributed by atoms with E-state index in [1.54, 1.807) is 13.8 Å². The zero-order valence-electron chi connectivity index (χ0n) is 32.0. The Morgan fingerprint density at radius 1 is 0.930 bits per heavy atom. The molecule has 3 aromatic rings. The van der Waals surface area contributed by atoms with Crippen LogP contribution in [-0.2, 0) is 29.9 Å². The Bertz CT molecular complexity index is 1980. The third-order valence-corrected chi connectivity index (χ3v) is 12.8. The lowest BCUT2D eigenvalue weighted by molar-refractivity contribution is -0.119. The highest BCUT2D eigenvalue weighted by Gasteiger charge is 2.54. The summed E-state index contributed by atoms with van der Waals surface area (Å²) in [7, 11) is -3.52. The van der Waals surface area contributed by atoms with E-state index < -0.39 is 79.0 Å². The molecule has 3 unspecified atom stereocenters. The molecule has 0 amide bonds. The first-order valence-corrected chi connectivity index (χ1v) is 20.7. The van der Waals surface area contributed by atoms with Crippen LogP contribution in [0.15, 0.2) is 64.4 Å². The number of thioether (sulfide) groups is 1. The van der Waals surface area contributed by atoms with Gasteiger partial charge in [0.2, 0.25) is 0 Å². The summed E-state index contributed by atoms with van der Waals surface area (Å²) in [5, 5.41) is 62.9. The summed E-state index contributed by atoms with van der Waals surface area (Å²) in [6.07, 6.45) is -4.39. The molecular formula is C35H52N7O13PS. The third-order valence-electron chi connectivity index (χ3n) is 9.54. The highest BCUT2D eigenvalue weighted by molar-refractivity contribution is 8.13. The summed E-state index contributed by atoms with van der Waals surface area (Å²) in [5.41, 5.74) is 5.88. The second-order valence-electron chi connectivity index (χ2n) is 14.7. The van der Waals surface area contributed by atoms with Gasteiger partial charge in [0.05, 0.1) is 31.3 Å². The molecule has 0 aliphatic carbocycles. The smallest absolute Gasteiger partial charge is 0.351 e. The van der Waals surface area contributed by atoms with E-state index in [0.29, 0.717) is 0 Å². The lowest BCUT2D eigenvalue weighted by atomic mass is 9.95. The van der Waals surface area contributed by atoms with Gasteiger partial charge in [-0.15, -0.1) is 0 Å². The van der Waals surface area contributed by atoms with Crippen molar-refractivity contribution in [2.45, 2.75) is 88.7 Å². The number of anilines is 2. The molecule has 4 heterocycles. The molecule has 0 radical (unpaired) electrons. The Morgan fingerprint density at radius 2 is 1.44 bits per heavy atom. The lowest BCUT2D eigenvalue weighted by Crippen LogP contribution is -2.46. The van der Waals surface area contributed by atoms with Crippen LogP contribution in [0.5, 0.6) is 0 Å². The molecule has 20 nitrogen and oxygen atoms in total. The van der Waals surface area contributed by atoms with Crippen molar-refractivity contribution in [3.8, 4) is 0 Å². The van der Waals surface area contributed by atoms with Crippen LogP contribution in [0.1, 0.15) is 52.1 Å². The summed E-state index contributed by atoms with van der Waals surface area (Å²) >= 11 is 0.989. The van der Waals surface area contributed by atoms with E-state index in [1.807, 2.05) is 30.3 Å². The Balaban J connectivity index is 0.000000332. The largest absolute Gasteiger partial charge is 0.395 e. The maximum atomic E-state index is 13.8. The van der Waals surface area contributed by atoms with E-state index in [2.05, 4.69) is 15.1 Å². The van der Waals surface area contributed by atoms with Gasteiger partial charge in [0.15, 0.2) is 17.6 Å². The molecular weight excluding hydrogens is 789 g/mol. The zero-order valence-corrected chi connectivity index (χ0v) is 33.7. The molecule has 2 aliphatic rings. The number of nitrogens with two attached hydrogens (primary N) is 2. The van der Waals surface area contributed by atoms with Crippen molar-refractivity contribution in [1.82, 2.24) is 24.2 Å². The van der Waals surface area contributed by atoms with Crippen molar-refractivity contribution in [2.24, 2.45) is 5.41 Å². The van der Waals surface area contributed by atoms with Gasteiger partial charge in [0.25, 0.3) is 7.52 Å². The average Bonchev–Trinajstić information content (AvgIpc) is 3.53. The van der Waals surface area contributed by atoms with Crippen LogP contribution in [0.4, 0.5) is 11.6 Å². The highest BCUT2D eigenvalue weighted by atomic mass is 32.2. The number of aromatic nitrogens is 4. The third kappa shape index (κ3) is 11.1. The molecule has 316 valence electrons. The quantitative estimate of drug-likeness (QED) is 0.0677. The number of hydrogen-bond donors (Lipinski definition) is 9.